The molecule has 0 aliphatic carbocycles. The highest BCUT2D eigenvalue weighted by atomic mass is 35.5. The molecular weight excluding hydrogens is 266 g/mol. The van der Waals surface area contributed by atoms with Crippen molar-refractivity contribution < 1.29 is 9.47 Å². The van der Waals surface area contributed by atoms with Crippen LogP contribution in [0.25, 0.3) is 0 Å². The van der Waals surface area contributed by atoms with Crippen molar-refractivity contribution in [2.24, 2.45) is 0 Å². The van der Waals surface area contributed by atoms with Gasteiger partial charge in [-0.25, -0.2) is 4.98 Å². The molecule has 1 aromatic carbocycles. The molecule has 1 heterocycles. The predicted octanol–water partition coefficient (Wildman–Crippen LogP) is 3.08. The maximum atomic E-state index is 6.06. The summed E-state index contributed by atoms with van der Waals surface area (Å²) in [7, 11) is 1.49. The van der Waals surface area contributed by atoms with Gasteiger partial charge in [-0.05, 0) is 30.2 Å². The standard InChI is InChI=1S/C13H14ClN3O2/c1-3-8-6-9(4-5-10(8)14)19-13-11(18-2)12(15)16-7-17-13/h4-7H,3H2,1-2H3,(H2,15,16,17). The normalized spacial score (nSPS) is 10.3. The first kappa shape index (κ1) is 13.4. The van der Waals surface area contributed by atoms with Crippen LogP contribution < -0.4 is 15.2 Å². The van der Waals surface area contributed by atoms with Crippen LogP contribution in [0.1, 0.15) is 12.5 Å². The Labute approximate surface area is 116 Å². The zero-order valence-electron chi connectivity index (χ0n) is 10.7. The van der Waals surface area contributed by atoms with Crippen molar-refractivity contribution in [1.29, 1.82) is 0 Å². The second-order valence-corrected chi connectivity index (χ2v) is 4.21. The van der Waals surface area contributed by atoms with Gasteiger partial charge in [0.15, 0.2) is 5.82 Å². The van der Waals surface area contributed by atoms with Gasteiger partial charge in [0.2, 0.25) is 5.75 Å². The van der Waals surface area contributed by atoms with Gasteiger partial charge < -0.3 is 15.2 Å². The molecule has 19 heavy (non-hydrogen) atoms. The quantitative estimate of drug-likeness (QED) is 0.931. The lowest BCUT2D eigenvalue weighted by Crippen LogP contribution is -2.00. The summed E-state index contributed by atoms with van der Waals surface area (Å²) in [5.41, 5.74) is 6.69. The molecule has 5 nitrogen and oxygen atoms in total. The van der Waals surface area contributed by atoms with Gasteiger partial charge in [0.25, 0.3) is 5.88 Å². The molecule has 0 radical (unpaired) electrons. The molecule has 0 saturated heterocycles. The maximum absolute atomic E-state index is 6.06. The first-order valence-corrected chi connectivity index (χ1v) is 6.14. The number of aromatic nitrogens is 2. The van der Waals surface area contributed by atoms with E-state index in [1.54, 1.807) is 12.1 Å². The summed E-state index contributed by atoms with van der Waals surface area (Å²) in [6.07, 6.45) is 2.14. The lowest BCUT2D eigenvalue weighted by Gasteiger charge is -2.11. The van der Waals surface area contributed by atoms with Gasteiger partial charge in [-0.15, -0.1) is 0 Å². The lowest BCUT2D eigenvalue weighted by molar-refractivity contribution is 0.369. The molecule has 1 aromatic heterocycles. The minimum absolute atomic E-state index is 0.233. The third-order valence-corrected chi connectivity index (χ3v) is 2.98. The number of halogens is 1. The van der Waals surface area contributed by atoms with Crippen molar-refractivity contribution in [3.05, 3.63) is 35.1 Å². The molecule has 2 aromatic rings. The molecule has 0 unspecified atom stereocenters. The molecule has 0 spiro atoms. The summed E-state index contributed by atoms with van der Waals surface area (Å²) >= 11 is 6.06. The van der Waals surface area contributed by atoms with Gasteiger partial charge in [-0.2, -0.15) is 4.98 Å². The van der Waals surface area contributed by atoms with E-state index in [0.717, 1.165) is 12.0 Å². The number of nitrogens with two attached hydrogens (primary N) is 1. The number of benzene rings is 1. The third-order valence-electron chi connectivity index (χ3n) is 2.62. The summed E-state index contributed by atoms with van der Waals surface area (Å²) in [6.45, 7) is 2.02. The van der Waals surface area contributed by atoms with E-state index < -0.39 is 0 Å². The predicted molar refractivity (Wildman–Crippen MR) is 73.9 cm³/mol. The molecule has 0 bridgehead atoms. The fraction of sp³-hybridized carbons (Fsp3) is 0.231. The van der Waals surface area contributed by atoms with E-state index in [1.807, 2.05) is 13.0 Å². The highest BCUT2D eigenvalue weighted by molar-refractivity contribution is 6.31. The Balaban J connectivity index is 2.33. The zero-order chi connectivity index (χ0) is 13.8. The van der Waals surface area contributed by atoms with Crippen LogP contribution in [0.4, 0.5) is 5.82 Å². The first-order valence-electron chi connectivity index (χ1n) is 5.76. The number of hydrogen-bond donors (Lipinski definition) is 1. The second-order valence-electron chi connectivity index (χ2n) is 3.81. The molecule has 2 N–H and O–H groups in total. The van der Waals surface area contributed by atoms with Crippen molar-refractivity contribution in [2.75, 3.05) is 12.8 Å². The fourth-order valence-corrected chi connectivity index (χ4v) is 1.88. The number of methoxy groups -OCH3 is 1. The highest BCUT2D eigenvalue weighted by Gasteiger charge is 2.12. The number of nitrogens with zero attached hydrogens (tertiary/aromatic N) is 2. The SMILES string of the molecule is CCc1cc(Oc2ncnc(N)c2OC)ccc1Cl. The largest absolute Gasteiger partial charge is 0.489 e. The van der Waals surface area contributed by atoms with Crippen LogP contribution in [-0.4, -0.2) is 17.1 Å². The Morgan fingerprint density at radius 3 is 2.79 bits per heavy atom. The molecule has 0 fully saturated rings. The van der Waals surface area contributed by atoms with Crippen molar-refractivity contribution in [1.82, 2.24) is 9.97 Å². The van der Waals surface area contributed by atoms with Gasteiger partial charge in [0, 0.05) is 5.02 Å². The molecule has 2 rings (SSSR count). The fourth-order valence-electron chi connectivity index (χ4n) is 1.63. The molecule has 6 heteroatoms. The van der Waals surface area contributed by atoms with Crippen LogP contribution in [0.5, 0.6) is 17.4 Å². The summed E-state index contributed by atoms with van der Waals surface area (Å²) in [4.78, 5) is 7.85. The molecule has 0 amide bonds. The summed E-state index contributed by atoms with van der Waals surface area (Å²) in [5, 5.41) is 0.712. The van der Waals surface area contributed by atoms with Crippen molar-refractivity contribution in [2.45, 2.75) is 13.3 Å². The number of rotatable bonds is 4. The van der Waals surface area contributed by atoms with Crippen LogP contribution >= 0.6 is 11.6 Å². The van der Waals surface area contributed by atoms with Crippen LogP contribution in [0.15, 0.2) is 24.5 Å². The third kappa shape index (κ3) is 2.88. The molecule has 0 aliphatic rings. The van der Waals surface area contributed by atoms with E-state index in [9.17, 15) is 0 Å². The smallest absolute Gasteiger partial charge is 0.268 e. The highest BCUT2D eigenvalue weighted by Crippen LogP contribution is 2.33. The summed E-state index contributed by atoms with van der Waals surface area (Å²) in [5.74, 6) is 1.45. The molecule has 0 aliphatic heterocycles. The van der Waals surface area contributed by atoms with Crippen LogP contribution in [0, 0.1) is 0 Å². The van der Waals surface area contributed by atoms with Crippen LogP contribution in [0.3, 0.4) is 0 Å². The number of hydrogen-bond acceptors (Lipinski definition) is 5. The lowest BCUT2D eigenvalue weighted by atomic mass is 10.1. The topological polar surface area (TPSA) is 70.3 Å². The minimum Gasteiger partial charge on any atom is -0.489 e. The van der Waals surface area contributed by atoms with E-state index in [4.69, 9.17) is 26.8 Å². The monoisotopic (exact) mass is 279 g/mol. The number of ether oxygens (including phenoxy) is 2. The van der Waals surface area contributed by atoms with Gasteiger partial charge in [-0.3, -0.25) is 0 Å². The molecule has 0 saturated carbocycles. The van der Waals surface area contributed by atoms with Gasteiger partial charge >= 0.3 is 0 Å². The molecular formula is C13H14ClN3O2. The Bertz CT molecular complexity index is 590. The van der Waals surface area contributed by atoms with Crippen LogP contribution in [-0.2, 0) is 6.42 Å². The average molecular weight is 280 g/mol. The van der Waals surface area contributed by atoms with Crippen molar-refractivity contribution >= 4 is 17.4 Å². The van der Waals surface area contributed by atoms with Crippen molar-refractivity contribution in [3.8, 4) is 17.4 Å². The Kier molecular flexibility index (Phi) is 4.06. The second kappa shape index (κ2) is 5.75. The maximum Gasteiger partial charge on any atom is 0.268 e. The van der Waals surface area contributed by atoms with Crippen molar-refractivity contribution in [3.63, 3.8) is 0 Å². The minimum atomic E-state index is 0.233. The average Bonchev–Trinajstić information content (AvgIpc) is 2.41. The first-order chi connectivity index (χ1) is 9.15. The zero-order valence-corrected chi connectivity index (χ0v) is 11.4. The summed E-state index contributed by atoms with van der Waals surface area (Å²) < 4.78 is 10.8. The molecule has 100 valence electrons. The van der Waals surface area contributed by atoms with E-state index in [0.29, 0.717) is 16.5 Å². The van der Waals surface area contributed by atoms with Gasteiger partial charge in [0.1, 0.15) is 12.1 Å². The van der Waals surface area contributed by atoms with E-state index in [2.05, 4.69) is 9.97 Å². The molecule has 0 atom stereocenters. The van der Waals surface area contributed by atoms with Crippen LogP contribution in [0.2, 0.25) is 5.02 Å². The Morgan fingerprint density at radius 1 is 1.32 bits per heavy atom. The van der Waals surface area contributed by atoms with E-state index in [1.165, 1.54) is 13.4 Å². The van der Waals surface area contributed by atoms with E-state index in [-0.39, 0.29) is 11.7 Å². The van der Waals surface area contributed by atoms with Gasteiger partial charge in [-0.1, -0.05) is 18.5 Å². The Morgan fingerprint density at radius 2 is 2.11 bits per heavy atom. The van der Waals surface area contributed by atoms with E-state index >= 15 is 0 Å². The number of anilines is 1. The number of aryl methyl sites for hydroxylation is 1. The Hall–Kier alpha value is -2.01. The number of nitrogen functional groups attached to an aromatic ring is 1. The summed E-state index contributed by atoms with van der Waals surface area (Å²) in [6, 6.07) is 5.41. The van der Waals surface area contributed by atoms with Gasteiger partial charge in [0.05, 0.1) is 7.11 Å².